The first kappa shape index (κ1) is 17.4. The third-order valence-electron chi connectivity index (χ3n) is 3.63. The summed E-state index contributed by atoms with van der Waals surface area (Å²) in [5, 5.41) is 2.66. The number of alkyl halides is 3. The van der Waals surface area contributed by atoms with Gasteiger partial charge in [-0.2, -0.15) is 13.2 Å². The molecule has 0 radical (unpaired) electrons. The van der Waals surface area contributed by atoms with Gasteiger partial charge in [0.25, 0.3) is 5.91 Å². The lowest BCUT2D eigenvalue weighted by molar-refractivity contribution is -0.141. The van der Waals surface area contributed by atoms with Crippen molar-refractivity contribution in [3.8, 4) is 0 Å². The smallest absolute Gasteiger partial charge is 0.350 e. The molecule has 0 saturated heterocycles. The molecule has 0 aromatic carbocycles. The first-order valence-electron chi connectivity index (χ1n) is 6.75. The lowest BCUT2D eigenvalue weighted by Gasteiger charge is -2.26. The van der Waals surface area contributed by atoms with Gasteiger partial charge < -0.3 is 11.1 Å². The first-order valence-corrected chi connectivity index (χ1v) is 6.75. The number of hydrogen-bond donors (Lipinski definition) is 2. The number of nitrogens with two attached hydrogens (primary N) is 1. The number of aryl methyl sites for hydroxylation is 1. The zero-order valence-corrected chi connectivity index (χ0v) is 12.3. The zero-order chi connectivity index (χ0) is 16.3. The summed E-state index contributed by atoms with van der Waals surface area (Å²) in [6, 6.07) is 1.94. The van der Waals surface area contributed by atoms with Crippen molar-refractivity contribution in [1.82, 2.24) is 10.3 Å². The molecule has 21 heavy (non-hydrogen) atoms. The van der Waals surface area contributed by atoms with Crippen LogP contribution in [-0.2, 0) is 6.18 Å². The molecule has 1 amide bonds. The van der Waals surface area contributed by atoms with Crippen molar-refractivity contribution in [2.75, 3.05) is 6.54 Å². The SMILES string of the molecule is CCC(N)(CC)CNC(=O)c1ccc(C(F)(F)F)nc1C. The van der Waals surface area contributed by atoms with Gasteiger partial charge in [-0.05, 0) is 31.9 Å². The highest BCUT2D eigenvalue weighted by molar-refractivity contribution is 5.95. The van der Waals surface area contributed by atoms with E-state index in [-0.39, 0.29) is 17.8 Å². The van der Waals surface area contributed by atoms with Crippen LogP contribution in [0.25, 0.3) is 0 Å². The normalized spacial score (nSPS) is 12.3. The van der Waals surface area contributed by atoms with E-state index in [1.54, 1.807) is 0 Å². The Morgan fingerprint density at radius 1 is 1.29 bits per heavy atom. The van der Waals surface area contributed by atoms with Gasteiger partial charge in [-0.25, -0.2) is 4.98 Å². The van der Waals surface area contributed by atoms with Crippen LogP contribution < -0.4 is 11.1 Å². The van der Waals surface area contributed by atoms with Crippen LogP contribution in [0.1, 0.15) is 48.4 Å². The molecule has 0 unspecified atom stereocenters. The van der Waals surface area contributed by atoms with Crippen LogP contribution in [0.4, 0.5) is 13.2 Å². The molecule has 0 aliphatic carbocycles. The molecular formula is C14H20F3N3O. The van der Waals surface area contributed by atoms with E-state index in [1.807, 2.05) is 13.8 Å². The van der Waals surface area contributed by atoms with Crippen molar-refractivity contribution in [2.45, 2.75) is 45.3 Å². The molecule has 0 aliphatic heterocycles. The summed E-state index contributed by atoms with van der Waals surface area (Å²) >= 11 is 0. The molecular weight excluding hydrogens is 283 g/mol. The number of halogens is 3. The Morgan fingerprint density at radius 2 is 1.86 bits per heavy atom. The molecule has 0 fully saturated rings. The van der Waals surface area contributed by atoms with Crippen LogP contribution in [0.5, 0.6) is 0 Å². The summed E-state index contributed by atoms with van der Waals surface area (Å²) in [5.74, 6) is -0.467. The van der Waals surface area contributed by atoms with Crippen molar-refractivity contribution >= 4 is 5.91 Å². The van der Waals surface area contributed by atoms with Crippen molar-refractivity contribution in [1.29, 1.82) is 0 Å². The molecule has 1 aromatic rings. The summed E-state index contributed by atoms with van der Waals surface area (Å²) in [5.41, 5.74) is 4.71. The Labute approximate surface area is 121 Å². The predicted molar refractivity (Wildman–Crippen MR) is 73.8 cm³/mol. The number of nitrogens with zero attached hydrogens (tertiary/aromatic N) is 1. The minimum absolute atomic E-state index is 0.0398. The van der Waals surface area contributed by atoms with E-state index in [9.17, 15) is 18.0 Å². The Morgan fingerprint density at radius 3 is 2.29 bits per heavy atom. The van der Waals surface area contributed by atoms with Gasteiger partial charge in [0.15, 0.2) is 0 Å². The third-order valence-corrected chi connectivity index (χ3v) is 3.63. The molecule has 7 heteroatoms. The number of pyridine rings is 1. The fraction of sp³-hybridized carbons (Fsp3) is 0.571. The van der Waals surface area contributed by atoms with Crippen LogP contribution in [0.2, 0.25) is 0 Å². The van der Waals surface area contributed by atoms with Crippen molar-refractivity contribution in [3.63, 3.8) is 0 Å². The molecule has 0 spiro atoms. The summed E-state index contributed by atoms with van der Waals surface area (Å²) in [7, 11) is 0. The zero-order valence-electron chi connectivity index (χ0n) is 12.3. The average molecular weight is 303 g/mol. The monoisotopic (exact) mass is 303 g/mol. The number of nitrogens with one attached hydrogen (secondary N) is 1. The highest BCUT2D eigenvalue weighted by Crippen LogP contribution is 2.28. The number of amides is 1. The van der Waals surface area contributed by atoms with E-state index in [0.717, 1.165) is 12.1 Å². The fourth-order valence-electron chi connectivity index (χ4n) is 1.81. The predicted octanol–water partition coefficient (Wildman–Crippen LogP) is 2.66. The molecule has 0 atom stereocenters. The minimum Gasteiger partial charge on any atom is -0.350 e. The molecule has 0 saturated carbocycles. The molecule has 0 aliphatic rings. The standard InChI is InChI=1S/C14H20F3N3O/c1-4-13(18,5-2)8-19-12(21)10-6-7-11(14(15,16)17)20-9(10)3/h6-7H,4-5,8,18H2,1-3H3,(H,19,21). The van der Waals surface area contributed by atoms with Gasteiger partial charge in [0.2, 0.25) is 0 Å². The van der Waals surface area contributed by atoms with E-state index < -0.39 is 23.3 Å². The number of hydrogen-bond acceptors (Lipinski definition) is 3. The molecule has 118 valence electrons. The fourth-order valence-corrected chi connectivity index (χ4v) is 1.81. The van der Waals surface area contributed by atoms with E-state index in [0.29, 0.717) is 12.8 Å². The molecule has 1 rings (SSSR count). The topological polar surface area (TPSA) is 68.0 Å². The lowest BCUT2D eigenvalue weighted by Crippen LogP contribution is -2.49. The lowest BCUT2D eigenvalue weighted by atomic mass is 9.94. The largest absolute Gasteiger partial charge is 0.433 e. The maximum Gasteiger partial charge on any atom is 0.433 e. The maximum atomic E-state index is 12.5. The summed E-state index contributed by atoms with van der Waals surface area (Å²) < 4.78 is 37.6. The van der Waals surface area contributed by atoms with Crippen LogP contribution in [0, 0.1) is 6.92 Å². The van der Waals surface area contributed by atoms with Gasteiger partial charge in [-0.1, -0.05) is 13.8 Å². The second kappa shape index (κ2) is 6.43. The van der Waals surface area contributed by atoms with Crippen molar-refractivity contribution in [3.05, 3.63) is 29.1 Å². The van der Waals surface area contributed by atoms with Crippen LogP contribution >= 0.6 is 0 Å². The summed E-state index contributed by atoms with van der Waals surface area (Å²) in [6.45, 7) is 5.47. The van der Waals surface area contributed by atoms with Crippen LogP contribution in [-0.4, -0.2) is 23.0 Å². The van der Waals surface area contributed by atoms with Gasteiger partial charge in [0.05, 0.1) is 11.3 Å². The molecule has 3 N–H and O–H groups in total. The molecule has 4 nitrogen and oxygen atoms in total. The number of aromatic nitrogens is 1. The molecule has 1 heterocycles. The number of carbonyl (C=O) groups excluding carboxylic acids is 1. The Bertz CT molecular complexity index is 511. The van der Waals surface area contributed by atoms with E-state index in [1.165, 1.54) is 6.92 Å². The van der Waals surface area contributed by atoms with Crippen molar-refractivity contribution < 1.29 is 18.0 Å². The van der Waals surface area contributed by atoms with Crippen LogP contribution in [0.15, 0.2) is 12.1 Å². The highest BCUT2D eigenvalue weighted by Gasteiger charge is 2.33. The Balaban J connectivity index is 2.85. The second-order valence-corrected chi connectivity index (χ2v) is 5.08. The van der Waals surface area contributed by atoms with E-state index >= 15 is 0 Å². The minimum atomic E-state index is -4.52. The number of rotatable bonds is 5. The average Bonchev–Trinajstić information content (AvgIpc) is 2.43. The first-order chi connectivity index (χ1) is 9.63. The number of carbonyl (C=O) groups is 1. The Hall–Kier alpha value is -1.63. The van der Waals surface area contributed by atoms with Crippen molar-refractivity contribution in [2.24, 2.45) is 5.73 Å². The third kappa shape index (κ3) is 4.42. The summed E-state index contributed by atoms with van der Waals surface area (Å²) in [6.07, 6.45) is -3.14. The van der Waals surface area contributed by atoms with E-state index in [4.69, 9.17) is 5.73 Å². The van der Waals surface area contributed by atoms with E-state index in [2.05, 4.69) is 10.3 Å². The molecule has 1 aromatic heterocycles. The van der Waals surface area contributed by atoms with Crippen LogP contribution in [0.3, 0.4) is 0 Å². The Kier molecular flexibility index (Phi) is 5.33. The van der Waals surface area contributed by atoms with Gasteiger partial charge in [0.1, 0.15) is 5.69 Å². The van der Waals surface area contributed by atoms with Gasteiger partial charge in [-0.15, -0.1) is 0 Å². The summed E-state index contributed by atoms with van der Waals surface area (Å²) in [4.78, 5) is 15.5. The quantitative estimate of drug-likeness (QED) is 0.878. The van der Waals surface area contributed by atoms with Gasteiger partial charge in [0, 0.05) is 12.1 Å². The molecule has 0 bridgehead atoms. The van der Waals surface area contributed by atoms with Gasteiger partial charge >= 0.3 is 6.18 Å². The highest BCUT2D eigenvalue weighted by atomic mass is 19.4. The van der Waals surface area contributed by atoms with Gasteiger partial charge in [-0.3, -0.25) is 4.79 Å². The second-order valence-electron chi connectivity index (χ2n) is 5.08. The maximum absolute atomic E-state index is 12.5.